The Kier molecular flexibility index (Phi) is 9.34. The van der Waals surface area contributed by atoms with Gasteiger partial charge in [0.1, 0.15) is 11.8 Å². The Morgan fingerprint density at radius 1 is 1.16 bits per heavy atom. The fraction of sp³-hybridized carbons (Fsp3) is 0.321. The predicted molar refractivity (Wildman–Crippen MR) is 144 cm³/mol. The van der Waals surface area contributed by atoms with Gasteiger partial charge in [0.05, 0.1) is 37.3 Å². The zero-order valence-corrected chi connectivity index (χ0v) is 23.0. The number of rotatable bonds is 3. The molecule has 0 aliphatic carbocycles. The number of aromatic amines is 1. The summed E-state index contributed by atoms with van der Waals surface area (Å²) in [5, 5.41) is 14.4. The van der Waals surface area contributed by atoms with E-state index in [2.05, 4.69) is 37.1 Å². The van der Waals surface area contributed by atoms with Crippen molar-refractivity contribution in [1.82, 2.24) is 14.9 Å². The summed E-state index contributed by atoms with van der Waals surface area (Å²) < 4.78 is 36.2. The molecule has 0 unspecified atom stereocenters. The Labute approximate surface area is 243 Å². The van der Waals surface area contributed by atoms with E-state index >= 15 is 0 Å². The van der Waals surface area contributed by atoms with Gasteiger partial charge in [0.25, 0.3) is 5.91 Å². The lowest BCUT2D eigenvalue weighted by Gasteiger charge is -2.26. The molecule has 3 amide bonds. The smallest absolute Gasteiger partial charge is 0.430 e. The molecule has 3 aromatic rings. The van der Waals surface area contributed by atoms with Crippen molar-refractivity contribution in [3.63, 3.8) is 0 Å². The zero-order valence-electron chi connectivity index (χ0n) is 23.0. The molecule has 0 saturated carbocycles. The molecule has 15 heteroatoms. The number of ether oxygens (including phenoxy) is 1. The van der Waals surface area contributed by atoms with E-state index in [1.54, 1.807) is 24.4 Å². The highest BCUT2D eigenvalue weighted by Crippen LogP contribution is 2.37. The van der Waals surface area contributed by atoms with Crippen LogP contribution in [0.3, 0.4) is 0 Å². The van der Waals surface area contributed by atoms with Crippen molar-refractivity contribution in [1.29, 1.82) is 0 Å². The number of aromatic nitrogens is 2. The number of carbonyl (C=O) groups excluding carboxylic acids is 4. The van der Waals surface area contributed by atoms with Crippen LogP contribution in [0, 0.1) is 0 Å². The highest BCUT2D eigenvalue weighted by atomic mass is 19.4. The molecule has 0 fully saturated rings. The third-order valence-electron chi connectivity index (χ3n) is 6.96. The maximum Gasteiger partial charge on any atom is 0.430 e. The topological polar surface area (TPSA) is 184 Å². The van der Waals surface area contributed by atoms with Gasteiger partial charge >= 0.3 is 12.3 Å². The van der Waals surface area contributed by atoms with Crippen LogP contribution >= 0.6 is 0 Å². The van der Waals surface area contributed by atoms with Crippen molar-refractivity contribution in [2.45, 2.75) is 51.0 Å². The standard InChI is InChI=1S/C26H28N6O4.C2HF3O2/c1-36-26(35)29-17-7-9-19-20(11-17)30-23(33)5-3-2-4-22(24-28-13-21(19)31-24)32-14-16-10-15(12-27)6-8-18(16)25(32)34;3-2(4,5)1(6)7/h6-11,13,22H,2-5,12,14,27H2,1H3,(H,28,31)(H,29,35)(H,30,33);(H,6,7)/t22-;/m0./s1. The Morgan fingerprint density at radius 2 is 1.88 bits per heavy atom. The van der Waals surface area contributed by atoms with Crippen molar-refractivity contribution in [3.8, 4) is 11.3 Å². The number of imidazole rings is 1. The summed E-state index contributed by atoms with van der Waals surface area (Å²) in [4.78, 5) is 56.4. The third kappa shape index (κ3) is 7.30. The van der Waals surface area contributed by atoms with Gasteiger partial charge in [-0.3, -0.25) is 14.9 Å². The number of nitrogens with zero attached hydrogens (tertiary/aromatic N) is 2. The lowest BCUT2D eigenvalue weighted by atomic mass is 10.0. The quantitative estimate of drug-likeness (QED) is 0.355. The molecule has 3 heterocycles. The van der Waals surface area contributed by atoms with Crippen LogP contribution in [0.25, 0.3) is 11.3 Å². The largest absolute Gasteiger partial charge is 0.542 e. The number of carboxylic acids is 1. The number of H-pyrrole nitrogens is 1. The molecule has 6 N–H and O–H groups in total. The second-order valence-electron chi connectivity index (χ2n) is 9.83. The highest BCUT2D eigenvalue weighted by Gasteiger charge is 2.35. The van der Waals surface area contributed by atoms with Gasteiger partial charge in [-0.1, -0.05) is 12.5 Å². The van der Waals surface area contributed by atoms with Gasteiger partial charge in [0.15, 0.2) is 0 Å². The second kappa shape index (κ2) is 12.9. The van der Waals surface area contributed by atoms with Crippen molar-refractivity contribution in [3.05, 3.63) is 65.1 Å². The molecule has 228 valence electrons. The molecule has 2 aliphatic rings. The number of carbonyl (C=O) groups is 4. The number of aliphatic carboxylic acids is 1. The van der Waals surface area contributed by atoms with Crippen LogP contribution in [-0.2, 0) is 27.4 Å². The van der Waals surface area contributed by atoms with Crippen LogP contribution in [0.1, 0.15) is 59.0 Å². The number of halogens is 3. The van der Waals surface area contributed by atoms with E-state index in [1.165, 1.54) is 7.11 Å². The number of alkyl halides is 3. The van der Waals surface area contributed by atoms with Gasteiger partial charge in [0, 0.05) is 35.3 Å². The van der Waals surface area contributed by atoms with Crippen LogP contribution < -0.4 is 21.5 Å². The predicted octanol–water partition coefficient (Wildman–Crippen LogP) is 2.51. The fourth-order valence-corrected chi connectivity index (χ4v) is 4.85. The van der Waals surface area contributed by atoms with Crippen LogP contribution in [0.5, 0.6) is 0 Å². The molecule has 1 aromatic heterocycles. The minimum Gasteiger partial charge on any atom is -0.542 e. The molecular weight excluding hydrogens is 573 g/mol. The summed E-state index contributed by atoms with van der Waals surface area (Å²) in [5.74, 6) is -2.42. The van der Waals surface area contributed by atoms with Gasteiger partial charge in [-0.15, -0.1) is 0 Å². The SMILES string of the molecule is COC(=O)Nc1ccc2c(c1)NC(=O)CCCC[C@H](N1Cc3cc(C[NH3+])ccc3C1=O)c1ncc-2[nH]1.O=C([O-])C(F)(F)F. The molecule has 0 radical (unpaired) electrons. The first kappa shape index (κ1) is 31.0. The van der Waals surface area contributed by atoms with Crippen LogP contribution in [-0.4, -0.2) is 52.0 Å². The molecular formula is C28H29F3N6O6. The minimum atomic E-state index is -5.19. The summed E-state index contributed by atoms with van der Waals surface area (Å²) in [5.41, 5.74) is 9.27. The van der Waals surface area contributed by atoms with Gasteiger partial charge in [-0.05, 0) is 48.7 Å². The number of carboxylic acid groups (broad SMARTS) is 1. The van der Waals surface area contributed by atoms with Crippen molar-refractivity contribution in [2.75, 3.05) is 17.7 Å². The molecule has 12 nitrogen and oxygen atoms in total. The maximum absolute atomic E-state index is 13.3. The van der Waals surface area contributed by atoms with E-state index in [1.807, 2.05) is 17.0 Å². The van der Waals surface area contributed by atoms with E-state index in [9.17, 15) is 27.6 Å². The Morgan fingerprint density at radius 3 is 2.56 bits per heavy atom. The minimum absolute atomic E-state index is 0.00711. The first-order chi connectivity index (χ1) is 20.4. The number of hydrogen-bond acceptors (Lipinski definition) is 7. The van der Waals surface area contributed by atoms with Crippen LogP contribution in [0.2, 0.25) is 0 Å². The summed E-state index contributed by atoms with van der Waals surface area (Å²) in [6.07, 6.45) is -1.61. The number of methoxy groups -OCH3 is 1. The second-order valence-corrected chi connectivity index (χ2v) is 9.83. The number of benzene rings is 2. The van der Waals surface area contributed by atoms with E-state index < -0.39 is 18.2 Å². The number of nitrogens with one attached hydrogen (secondary N) is 3. The van der Waals surface area contributed by atoms with E-state index in [4.69, 9.17) is 9.90 Å². The normalized spacial score (nSPS) is 16.4. The average Bonchev–Trinajstić information content (AvgIpc) is 3.57. The van der Waals surface area contributed by atoms with E-state index in [-0.39, 0.29) is 17.9 Å². The molecule has 2 bridgehead atoms. The monoisotopic (exact) mass is 602 g/mol. The lowest BCUT2D eigenvalue weighted by Crippen LogP contribution is -2.47. The molecule has 43 heavy (non-hydrogen) atoms. The van der Waals surface area contributed by atoms with Gasteiger partial charge in [-0.2, -0.15) is 13.2 Å². The first-order valence-electron chi connectivity index (χ1n) is 13.3. The molecule has 0 spiro atoms. The molecule has 0 saturated heterocycles. The van der Waals surface area contributed by atoms with Gasteiger partial charge < -0.3 is 35.6 Å². The van der Waals surface area contributed by atoms with Crippen molar-refractivity contribution >= 4 is 35.3 Å². The molecule has 2 aliphatic heterocycles. The zero-order chi connectivity index (χ0) is 31.3. The summed E-state index contributed by atoms with van der Waals surface area (Å²) in [6.45, 7) is 1.19. The highest BCUT2D eigenvalue weighted by molar-refractivity contribution is 5.99. The number of fused-ring (bicyclic) bond motifs is 5. The Bertz CT molecular complexity index is 1540. The van der Waals surface area contributed by atoms with E-state index in [0.29, 0.717) is 55.2 Å². The fourth-order valence-electron chi connectivity index (χ4n) is 4.85. The average molecular weight is 603 g/mol. The van der Waals surface area contributed by atoms with Crippen LogP contribution in [0.15, 0.2) is 42.6 Å². The summed E-state index contributed by atoms with van der Waals surface area (Å²) in [6, 6.07) is 10.9. The Hall–Kier alpha value is -4.92. The number of amides is 3. The number of quaternary nitrogens is 1. The number of anilines is 2. The summed E-state index contributed by atoms with van der Waals surface area (Å²) >= 11 is 0. The van der Waals surface area contributed by atoms with E-state index in [0.717, 1.165) is 28.7 Å². The van der Waals surface area contributed by atoms with Crippen LogP contribution in [0.4, 0.5) is 29.3 Å². The molecule has 5 rings (SSSR count). The Balaban J connectivity index is 0.000000541. The van der Waals surface area contributed by atoms with Gasteiger partial charge in [0.2, 0.25) is 5.91 Å². The van der Waals surface area contributed by atoms with Crippen molar-refractivity contribution in [2.24, 2.45) is 0 Å². The third-order valence-corrected chi connectivity index (χ3v) is 6.96. The molecule has 1 atom stereocenters. The number of hydrogen-bond donors (Lipinski definition) is 4. The maximum atomic E-state index is 13.3. The van der Waals surface area contributed by atoms with Crippen molar-refractivity contribution < 1.29 is 47.9 Å². The van der Waals surface area contributed by atoms with Gasteiger partial charge in [-0.25, -0.2) is 9.78 Å². The lowest BCUT2D eigenvalue weighted by molar-refractivity contribution is -0.386. The first-order valence-corrected chi connectivity index (χ1v) is 13.3. The summed E-state index contributed by atoms with van der Waals surface area (Å²) in [7, 11) is 1.29. The molecule has 2 aromatic carbocycles.